The molecular weight excluding hydrogens is 420 g/mol. The van der Waals surface area contributed by atoms with Gasteiger partial charge >= 0.3 is 0 Å². The lowest BCUT2D eigenvalue weighted by atomic mass is 9.65. The van der Waals surface area contributed by atoms with Gasteiger partial charge in [0.15, 0.2) is 0 Å². The van der Waals surface area contributed by atoms with Gasteiger partial charge in [-0.05, 0) is 86.3 Å². The lowest BCUT2D eigenvalue weighted by Crippen LogP contribution is -2.31. The summed E-state index contributed by atoms with van der Waals surface area (Å²) in [4.78, 5) is 0. The van der Waals surface area contributed by atoms with Crippen molar-refractivity contribution in [3.63, 3.8) is 0 Å². The summed E-state index contributed by atoms with van der Waals surface area (Å²) in [5, 5.41) is 0. The lowest BCUT2D eigenvalue weighted by molar-refractivity contribution is 0.744. The summed E-state index contributed by atoms with van der Waals surface area (Å²) in [6, 6.07) is 34.8. The summed E-state index contributed by atoms with van der Waals surface area (Å²) in [5.41, 5.74) is 8.52. The molecule has 0 aliphatic rings. The monoisotopic (exact) mass is 448 g/mol. The van der Waals surface area contributed by atoms with E-state index in [0.29, 0.717) is 0 Å². The predicted octanol–water partition coefficient (Wildman–Crippen LogP) is 7.49. The predicted molar refractivity (Wildman–Crippen MR) is 147 cm³/mol. The van der Waals surface area contributed by atoms with Crippen LogP contribution in [0.25, 0.3) is 0 Å². The van der Waals surface area contributed by atoms with Crippen LogP contribution >= 0.6 is 0 Å². The van der Waals surface area contributed by atoms with E-state index in [2.05, 4.69) is 140 Å². The van der Waals surface area contributed by atoms with Crippen molar-refractivity contribution >= 4 is 0 Å². The van der Waals surface area contributed by atoms with Crippen molar-refractivity contribution in [1.82, 2.24) is 0 Å². The highest BCUT2D eigenvalue weighted by Crippen LogP contribution is 2.45. The minimum absolute atomic E-state index is 0.512. The average molecular weight is 449 g/mol. The molecule has 0 unspecified atom stereocenters. The largest absolute Gasteiger partial charge is 0.101 e. The molecule has 0 aliphatic heterocycles. The summed E-state index contributed by atoms with van der Waals surface area (Å²) in [5.74, 6) is 18.5. The number of hydrogen-bond donors (Lipinski definition) is 0. The van der Waals surface area contributed by atoms with Crippen molar-refractivity contribution in [2.75, 3.05) is 0 Å². The molecule has 0 bridgehead atoms. The summed E-state index contributed by atoms with van der Waals surface area (Å²) in [6.45, 7) is 7.73. The Balaban J connectivity index is 2.07. The van der Waals surface area contributed by atoms with Crippen molar-refractivity contribution < 1.29 is 0 Å². The SMILES string of the molecule is CC#Cc1ccc(C(c2ccc(C)cc2)(c2ccc(C#CC)cc2)c2ccc(C#CC)cc2)cc1. The maximum Gasteiger partial charge on any atom is 0.0701 e. The molecule has 0 atom stereocenters. The van der Waals surface area contributed by atoms with E-state index in [1.54, 1.807) is 0 Å². The third-order valence-corrected chi connectivity index (χ3v) is 6.25. The van der Waals surface area contributed by atoms with Crippen LogP contribution in [-0.2, 0) is 5.41 Å². The second kappa shape index (κ2) is 10.7. The molecule has 0 fully saturated rings. The molecule has 0 heteroatoms. The molecule has 0 spiro atoms. The molecule has 0 aliphatic carbocycles. The molecule has 4 aromatic rings. The third-order valence-electron chi connectivity index (χ3n) is 6.25. The van der Waals surface area contributed by atoms with E-state index in [1.165, 1.54) is 27.8 Å². The number of rotatable bonds is 4. The van der Waals surface area contributed by atoms with Gasteiger partial charge in [0.25, 0.3) is 0 Å². The van der Waals surface area contributed by atoms with Crippen LogP contribution in [-0.4, -0.2) is 0 Å². The van der Waals surface area contributed by atoms with E-state index in [9.17, 15) is 0 Å². The van der Waals surface area contributed by atoms with E-state index in [4.69, 9.17) is 0 Å². The Hall–Kier alpha value is -4.44. The van der Waals surface area contributed by atoms with Crippen molar-refractivity contribution in [3.8, 4) is 35.5 Å². The molecule has 4 aromatic carbocycles. The van der Waals surface area contributed by atoms with Gasteiger partial charge in [0, 0.05) is 16.7 Å². The van der Waals surface area contributed by atoms with Gasteiger partial charge in [-0.3, -0.25) is 0 Å². The molecule has 0 radical (unpaired) electrons. The molecule has 0 aromatic heterocycles. The van der Waals surface area contributed by atoms with Crippen LogP contribution in [0.2, 0.25) is 0 Å². The zero-order valence-electron chi connectivity index (χ0n) is 20.7. The third kappa shape index (κ3) is 4.78. The van der Waals surface area contributed by atoms with Crippen LogP contribution in [0.1, 0.15) is 65.3 Å². The molecule has 168 valence electrons. The summed E-state index contributed by atoms with van der Waals surface area (Å²) in [6.07, 6.45) is 0. The Morgan fingerprint density at radius 3 is 0.914 bits per heavy atom. The van der Waals surface area contributed by atoms with Crippen molar-refractivity contribution in [2.24, 2.45) is 0 Å². The Morgan fingerprint density at radius 2 is 0.657 bits per heavy atom. The molecule has 0 amide bonds. The first-order chi connectivity index (χ1) is 17.1. The van der Waals surface area contributed by atoms with Crippen LogP contribution in [0, 0.1) is 42.4 Å². The van der Waals surface area contributed by atoms with Gasteiger partial charge < -0.3 is 0 Å². The fourth-order valence-electron chi connectivity index (χ4n) is 4.65. The number of aryl methyl sites for hydroxylation is 1. The van der Waals surface area contributed by atoms with Crippen LogP contribution in [0.4, 0.5) is 0 Å². The highest BCUT2D eigenvalue weighted by molar-refractivity contribution is 5.61. The second-order valence-electron chi connectivity index (χ2n) is 8.47. The fourth-order valence-corrected chi connectivity index (χ4v) is 4.65. The smallest absolute Gasteiger partial charge is 0.0701 e. The quantitative estimate of drug-likeness (QED) is 0.224. The van der Waals surface area contributed by atoms with E-state index in [0.717, 1.165) is 16.7 Å². The second-order valence-corrected chi connectivity index (χ2v) is 8.47. The maximum atomic E-state index is 3.18. The molecular formula is C35H28. The first-order valence-electron chi connectivity index (χ1n) is 11.8. The first-order valence-corrected chi connectivity index (χ1v) is 11.8. The standard InChI is InChI=1S/C35H28/c1-5-8-28-13-21-32(22-14-28)35(31-19-11-27(4)12-20-31,33-23-15-29(9-6-2)16-24-33)34-25-17-30(10-7-3)18-26-34/h11-26H,1-4H3. The Morgan fingerprint density at radius 1 is 0.400 bits per heavy atom. The number of benzene rings is 4. The highest BCUT2D eigenvalue weighted by atomic mass is 14.4. The Kier molecular flexibility index (Phi) is 7.22. The van der Waals surface area contributed by atoms with E-state index < -0.39 is 5.41 Å². The normalized spacial score (nSPS) is 10.2. The van der Waals surface area contributed by atoms with E-state index in [1.807, 2.05) is 20.8 Å². The Bertz CT molecular complexity index is 1330. The van der Waals surface area contributed by atoms with Crippen molar-refractivity contribution in [1.29, 1.82) is 0 Å². The summed E-state index contributed by atoms with van der Waals surface area (Å²) >= 11 is 0. The minimum Gasteiger partial charge on any atom is -0.101 e. The number of hydrogen-bond acceptors (Lipinski definition) is 0. The molecule has 35 heavy (non-hydrogen) atoms. The molecule has 0 saturated carbocycles. The lowest BCUT2D eigenvalue weighted by Gasteiger charge is -2.37. The zero-order chi connectivity index (χ0) is 24.7. The maximum absolute atomic E-state index is 3.18. The van der Waals surface area contributed by atoms with Gasteiger partial charge in [0.1, 0.15) is 0 Å². The zero-order valence-corrected chi connectivity index (χ0v) is 20.7. The summed E-state index contributed by atoms with van der Waals surface area (Å²) in [7, 11) is 0. The van der Waals surface area contributed by atoms with Gasteiger partial charge in [-0.1, -0.05) is 84.0 Å². The van der Waals surface area contributed by atoms with Crippen molar-refractivity contribution in [2.45, 2.75) is 33.1 Å². The van der Waals surface area contributed by atoms with Gasteiger partial charge in [-0.2, -0.15) is 0 Å². The molecule has 0 saturated heterocycles. The van der Waals surface area contributed by atoms with Gasteiger partial charge in [-0.25, -0.2) is 0 Å². The van der Waals surface area contributed by atoms with Crippen LogP contribution in [0.3, 0.4) is 0 Å². The molecule has 0 N–H and O–H groups in total. The van der Waals surface area contributed by atoms with Gasteiger partial charge in [0.2, 0.25) is 0 Å². The highest BCUT2D eigenvalue weighted by Gasteiger charge is 2.38. The van der Waals surface area contributed by atoms with Crippen molar-refractivity contribution in [3.05, 3.63) is 142 Å². The molecule has 4 rings (SSSR count). The summed E-state index contributed by atoms with van der Waals surface area (Å²) < 4.78 is 0. The fraction of sp³-hybridized carbons (Fsp3) is 0.143. The average Bonchev–Trinajstić information content (AvgIpc) is 2.89. The van der Waals surface area contributed by atoms with Crippen LogP contribution in [0.5, 0.6) is 0 Å². The van der Waals surface area contributed by atoms with E-state index in [-0.39, 0.29) is 0 Å². The molecule has 0 heterocycles. The van der Waals surface area contributed by atoms with Crippen LogP contribution < -0.4 is 0 Å². The first kappa shape index (κ1) is 23.7. The van der Waals surface area contributed by atoms with Gasteiger partial charge in [0.05, 0.1) is 5.41 Å². The Labute approximate surface area is 210 Å². The van der Waals surface area contributed by atoms with Crippen LogP contribution in [0.15, 0.2) is 97.1 Å². The van der Waals surface area contributed by atoms with Gasteiger partial charge in [-0.15, -0.1) is 17.8 Å². The molecule has 0 nitrogen and oxygen atoms in total. The van der Waals surface area contributed by atoms with E-state index >= 15 is 0 Å². The topological polar surface area (TPSA) is 0 Å². The minimum atomic E-state index is -0.512.